The molecule has 0 saturated heterocycles. The molecule has 0 aliphatic rings. The summed E-state index contributed by atoms with van der Waals surface area (Å²) < 4.78 is 39.7. The Labute approximate surface area is 129 Å². The Balaban J connectivity index is 2.08. The Bertz CT molecular complexity index is 765. The fourth-order valence-electron chi connectivity index (χ4n) is 2.07. The maximum absolute atomic E-state index is 13.1. The Morgan fingerprint density at radius 2 is 1.91 bits per heavy atom. The largest absolute Gasteiger partial charge is 0.508 e. The van der Waals surface area contributed by atoms with Crippen molar-refractivity contribution in [3.8, 4) is 5.75 Å². The van der Waals surface area contributed by atoms with Crippen LogP contribution in [0.4, 0.5) is 10.1 Å². The van der Waals surface area contributed by atoms with Crippen LogP contribution in [0.3, 0.4) is 0 Å². The van der Waals surface area contributed by atoms with E-state index >= 15 is 0 Å². The van der Waals surface area contributed by atoms with E-state index in [1.807, 2.05) is 0 Å². The van der Waals surface area contributed by atoms with Gasteiger partial charge in [-0.1, -0.05) is 12.1 Å². The van der Waals surface area contributed by atoms with E-state index in [9.17, 15) is 17.9 Å². The first-order chi connectivity index (χ1) is 10.3. The molecule has 0 heterocycles. The molecule has 2 aromatic carbocycles. The van der Waals surface area contributed by atoms with E-state index in [1.165, 1.54) is 18.2 Å². The molecule has 0 atom stereocenters. The standard InChI is InChI=1S/C16H18FNO3S/c1-11-8-15(10-16(19)12(11)2)18-22(20,21)7-6-13-4-3-5-14(17)9-13/h3-5,8-10,18-19H,6-7H2,1-2H3. The van der Waals surface area contributed by atoms with Crippen molar-refractivity contribution in [2.24, 2.45) is 0 Å². The van der Waals surface area contributed by atoms with Crippen LogP contribution in [0.15, 0.2) is 36.4 Å². The van der Waals surface area contributed by atoms with Gasteiger partial charge in [0.25, 0.3) is 0 Å². The minimum atomic E-state index is -3.58. The molecule has 118 valence electrons. The molecule has 0 bridgehead atoms. The van der Waals surface area contributed by atoms with Crippen LogP contribution in [0.25, 0.3) is 0 Å². The number of phenols is 1. The zero-order valence-corrected chi connectivity index (χ0v) is 13.2. The van der Waals surface area contributed by atoms with Gasteiger partial charge in [0.1, 0.15) is 11.6 Å². The third kappa shape index (κ3) is 4.21. The molecule has 2 rings (SSSR count). The van der Waals surface area contributed by atoms with Gasteiger partial charge in [0.15, 0.2) is 0 Å². The van der Waals surface area contributed by atoms with Gasteiger partial charge in [-0.3, -0.25) is 4.72 Å². The van der Waals surface area contributed by atoms with Crippen molar-refractivity contribution in [2.75, 3.05) is 10.5 Å². The number of aromatic hydroxyl groups is 1. The van der Waals surface area contributed by atoms with Gasteiger partial charge < -0.3 is 5.11 Å². The van der Waals surface area contributed by atoms with E-state index in [-0.39, 0.29) is 23.7 Å². The fourth-order valence-corrected chi connectivity index (χ4v) is 3.16. The van der Waals surface area contributed by atoms with Gasteiger partial charge in [-0.05, 0) is 55.2 Å². The molecular weight excluding hydrogens is 305 g/mol. The Hall–Kier alpha value is -2.08. The molecule has 0 radical (unpaired) electrons. The summed E-state index contributed by atoms with van der Waals surface area (Å²) in [6.07, 6.45) is 0.212. The Morgan fingerprint density at radius 3 is 2.55 bits per heavy atom. The van der Waals surface area contributed by atoms with E-state index < -0.39 is 10.0 Å². The van der Waals surface area contributed by atoms with Crippen LogP contribution in [0, 0.1) is 19.7 Å². The number of aryl methyl sites for hydroxylation is 2. The number of phenolic OH excluding ortho intramolecular Hbond substituents is 1. The Morgan fingerprint density at radius 1 is 1.18 bits per heavy atom. The summed E-state index contributed by atoms with van der Waals surface area (Å²) >= 11 is 0. The lowest BCUT2D eigenvalue weighted by Crippen LogP contribution is -2.18. The number of sulfonamides is 1. The van der Waals surface area contributed by atoms with E-state index in [0.717, 1.165) is 5.56 Å². The molecule has 0 amide bonds. The van der Waals surface area contributed by atoms with Gasteiger partial charge in [0.2, 0.25) is 10.0 Å². The molecule has 0 aliphatic carbocycles. The number of hydrogen-bond donors (Lipinski definition) is 2. The predicted octanol–water partition coefficient (Wildman–Crippen LogP) is 3.13. The van der Waals surface area contributed by atoms with Crippen molar-refractivity contribution in [3.63, 3.8) is 0 Å². The second-order valence-electron chi connectivity index (χ2n) is 5.24. The predicted molar refractivity (Wildman–Crippen MR) is 85.1 cm³/mol. The summed E-state index contributed by atoms with van der Waals surface area (Å²) in [6.45, 7) is 3.55. The highest BCUT2D eigenvalue weighted by atomic mass is 32.2. The zero-order valence-electron chi connectivity index (χ0n) is 12.4. The summed E-state index contributed by atoms with van der Waals surface area (Å²) in [6, 6.07) is 8.90. The number of hydrogen-bond acceptors (Lipinski definition) is 3. The van der Waals surface area contributed by atoms with Crippen LogP contribution in [-0.2, 0) is 16.4 Å². The van der Waals surface area contributed by atoms with Crippen LogP contribution in [0.2, 0.25) is 0 Å². The van der Waals surface area contributed by atoms with Gasteiger partial charge in [-0.25, -0.2) is 12.8 Å². The molecule has 0 saturated carbocycles. The average molecular weight is 323 g/mol. The van der Waals surface area contributed by atoms with Crippen molar-refractivity contribution in [1.82, 2.24) is 0 Å². The van der Waals surface area contributed by atoms with Crippen molar-refractivity contribution >= 4 is 15.7 Å². The molecule has 4 nitrogen and oxygen atoms in total. The molecule has 0 aromatic heterocycles. The minimum absolute atomic E-state index is 0.0443. The number of anilines is 1. The monoisotopic (exact) mass is 323 g/mol. The summed E-state index contributed by atoms with van der Waals surface area (Å²) in [5.74, 6) is -0.505. The van der Waals surface area contributed by atoms with E-state index in [4.69, 9.17) is 0 Å². The lowest BCUT2D eigenvalue weighted by molar-refractivity contribution is 0.471. The molecule has 2 aromatic rings. The van der Waals surface area contributed by atoms with E-state index in [0.29, 0.717) is 16.8 Å². The summed E-state index contributed by atoms with van der Waals surface area (Å²) in [5, 5.41) is 9.74. The van der Waals surface area contributed by atoms with Crippen LogP contribution in [-0.4, -0.2) is 19.3 Å². The first-order valence-electron chi connectivity index (χ1n) is 6.82. The van der Waals surface area contributed by atoms with Gasteiger partial charge in [-0.15, -0.1) is 0 Å². The Kier molecular flexibility index (Phi) is 4.71. The first-order valence-corrected chi connectivity index (χ1v) is 8.47. The SMILES string of the molecule is Cc1cc(NS(=O)(=O)CCc2cccc(F)c2)cc(O)c1C. The average Bonchev–Trinajstić information content (AvgIpc) is 2.42. The van der Waals surface area contributed by atoms with E-state index in [2.05, 4.69) is 4.72 Å². The van der Waals surface area contributed by atoms with Crippen molar-refractivity contribution in [2.45, 2.75) is 20.3 Å². The number of benzene rings is 2. The van der Waals surface area contributed by atoms with Crippen molar-refractivity contribution in [3.05, 3.63) is 58.9 Å². The quantitative estimate of drug-likeness (QED) is 0.888. The summed E-state index contributed by atoms with van der Waals surface area (Å²) in [5.41, 5.74) is 2.44. The topological polar surface area (TPSA) is 66.4 Å². The van der Waals surface area contributed by atoms with Crippen molar-refractivity contribution < 1.29 is 17.9 Å². The van der Waals surface area contributed by atoms with E-state index in [1.54, 1.807) is 32.0 Å². The molecule has 6 heteroatoms. The van der Waals surface area contributed by atoms with Gasteiger partial charge in [0, 0.05) is 6.07 Å². The third-order valence-electron chi connectivity index (χ3n) is 3.46. The van der Waals surface area contributed by atoms with Gasteiger partial charge >= 0.3 is 0 Å². The van der Waals surface area contributed by atoms with Gasteiger partial charge in [0.05, 0.1) is 11.4 Å². The second kappa shape index (κ2) is 6.36. The fraction of sp³-hybridized carbons (Fsp3) is 0.250. The maximum Gasteiger partial charge on any atom is 0.233 e. The maximum atomic E-state index is 13.1. The number of rotatable bonds is 5. The lowest BCUT2D eigenvalue weighted by Gasteiger charge is -2.11. The highest BCUT2D eigenvalue weighted by Crippen LogP contribution is 2.25. The first kappa shape index (κ1) is 16.3. The number of nitrogens with one attached hydrogen (secondary N) is 1. The molecule has 0 aliphatic heterocycles. The van der Waals surface area contributed by atoms with Crippen LogP contribution in [0.1, 0.15) is 16.7 Å². The smallest absolute Gasteiger partial charge is 0.233 e. The normalized spacial score (nSPS) is 11.4. The highest BCUT2D eigenvalue weighted by Gasteiger charge is 2.13. The lowest BCUT2D eigenvalue weighted by atomic mass is 10.1. The molecule has 22 heavy (non-hydrogen) atoms. The van der Waals surface area contributed by atoms with Gasteiger partial charge in [-0.2, -0.15) is 0 Å². The number of halogens is 1. The van der Waals surface area contributed by atoms with Crippen LogP contribution in [0.5, 0.6) is 5.75 Å². The molecule has 0 spiro atoms. The third-order valence-corrected chi connectivity index (χ3v) is 4.75. The summed E-state index contributed by atoms with van der Waals surface area (Å²) in [7, 11) is -3.58. The van der Waals surface area contributed by atoms with Crippen LogP contribution < -0.4 is 4.72 Å². The zero-order chi connectivity index (χ0) is 16.3. The highest BCUT2D eigenvalue weighted by molar-refractivity contribution is 7.92. The van der Waals surface area contributed by atoms with Crippen molar-refractivity contribution in [1.29, 1.82) is 0 Å². The minimum Gasteiger partial charge on any atom is -0.508 e. The van der Waals surface area contributed by atoms with Crippen LogP contribution >= 0.6 is 0 Å². The second-order valence-corrected chi connectivity index (χ2v) is 7.08. The molecular formula is C16H18FNO3S. The molecule has 2 N–H and O–H groups in total. The molecule has 0 fully saturated rings. The molecule has 0 unspecified atom stereocenters. The summed E-state index contributed by atoms with van der Waals surface area (Å²) in [4.78, 5) is 0.